The molecule has 2 heterocycles. The van der Waals surface area contributed by atoms with Crippen molar-refractivity contribution in [2.24, 2.45) is 17.6 Å². The van der Waals surface area contributed by atoms with Crippen molar-refractivity contribution in [2.45, 2.75) is 43.9 Å². The Hall–Kier alpha value is -3.93. The van der Waals surface area contributed by atoms with Crippen LogP contribution in [0, 0.1) is 11.8 Å². The Bertz CT molecular complexity index is 1550. The number of likely N-dealkylation sites (N-methyl/N-ethyl adjacent to an activating group) is 1. The number of nitrogens with zero attached hydrogens (tertiary/aromatic N) is 2. The summed E-state index contributed by atoms with van der Waals surface area (Å²) in [6.07, 6.45) is 2.53. The topological polar surface area (TPSA) is 178 Å². The normalized spacial score (nSPS) is 28.2. The Kier molecular flexibility index (Phi) is 6.36. The third-order valence-corrected chi connectivity index (χ3v) is 9.11. The number of phenolic OH excluding ortho intramolecular Hbond substituents is 1. The second-order valence-electron chi connectivity index (χ2n) is 11.7. The fraction of sp³-hybridized carbons (Fsp3) is 0.433. The maximum atomic E-state index is 14.0. The lowest BCUT2D eigenvalue weighted by atomic mass is 9.57. The highest BCUT2D eigenvalue weighted by Crippen LogP contribution is 2.53. The third kappa shape index (κ3) is 3.94. The highest BCUT2D eigenvalue weighted by atomic mass is 16.4. The number of primary amides is 1. The number of nitrogens with two attached hydrogens (primary N) is 1. The molecule has 0 bridgehead atoms. The predicted molar refractivity (Wildman–Crippen MR) is 146 cm³/mol. The second-order valence-corrected chi connectivity index (χ2v) is 11.7. The van der Waals surface area contributed by atoms with Crippen LogP contribution >= 0.6 is 0 Å². The van der Waals surface area contributed by atoms with E-state index < -0.39 is 58.0 Å². The van der Waals surface area contributed by atoms with Crippen LogP contribution in [0.3, 0.4) is 0 Å². The van der Waals surface area contributed by atoms with Crippen LogP contribution < -0.4 is 5.73 Å². The van der Waals surface area contributed by atoms with Gasteiger partial charge in [0.15, 0.2) is 11.4 Å². The van der Waals surface area contributed by atoms with Crippen molar-refractivity contribution in [3.8, 4) is 17.1 Å². The molecule has 11 nitrogen and oxygen atoms in total. The summed E-state index contributed by atoms with van der Waals surface area (Å²) in [7, 11) is 3.14. The van der Waals surface area contributed by atoms with Crippen LogP contribution in [0.5, 0.6) is 5.75 Å². The van der Waals surface area contributed by atoms with Gasteiger partial charge in [-0.1, -0.05) is 0 Å². The molecule has 216 valence electrons. The first kappa shape index (κ1) is 27.3. The minimum Gasteiger partial charge on any atom is -0.508 e. The minimum absolute atomic E-state index is 0.0270. The molecule has 1 amide bonds. The molecular weight excluding hydrogens is 530 g/mol. The molecule has 1 aromatic heterocycles. The van der Waals surface area contributed by atoms with Gasteiger partial charge in [0.1, 0.15) is 34.4 Å². The van der Waals surface area contributed by atoms with Gasteiger partial charge < -0.3 is 30.6 Å². The summed E-state index contributed by atoms with van der Waals surface area (Å²) in [5.41, 5.74) is 2.95. The van der Waals surface area contributed by atoms with Crippen molar-refractivity contribution < 1.29 is 39.2 Å². The van der Waals surface area contributed by atoms with Crippen LogP contribution in [0.2, 0.25) is 0 Å². The number of carbonyl (C=O) groups is 3. The Labute approximate surface area is 236 Å². The van der Waals surface area contributed by atoms with Gasteiger partial charge in [0, 0.05) is 17.1 Å². The van der Waals surface area contributed by atoms with Gasteiger partial charge in [-0.2, -0.15) is 0 Å². The number of likely N-dealkylation sites (tertiary alicyclic amines) is 1. The average Bonchev–Trinajstić information content (AvgIpc) is 3.59. The van der Waals surface area contributed by atoms with E-state index in [9.17, 15) is 34.8 Å². The molecule has 0 spiro atoms. The minimum atomic E-state index is -2.66. The number of aromatic hydroxyl groups is 1. The molecule has 6 N–H and O–H groups in total. The maximum Gasteiger partial charge on any atom is 0.255 e. The number of fused-ring (bicyclic) bond motifs is 3. The molecular formula is C30H33N3O8. The van der Waals surface area contributed by atoms with Crippen LogP contribution in [0.1, 0.15) is 36.1 Å². The number of benzene rings is 1. The van der Waals surface area contributed by atoms with Gasteiger partial charge >= 0.3 is 0 Å². The first-order valence-electron chi connectivity index (χ1n) is 13.8. The van der Waals surface area contributed by atoms with Crippen LogP contribution in [0.4, 0.5) is 0 Å². The van der Waals surface area contributed by atoms with Crippen molar-refractivity contribution in [2.75, 3.05) is 27.2 Å². The number of phenols is 1. The standard InChI is InChI=1S/C30H33N3O8/c1-32(2)24-18-12-14-11-17-16(20-8-5-15(41-20)13-33-9-3-4-10-33)6-7-19(34)22(17)25(35)21(14)27(37)30(18,40)28(38)23(26(24)36)29(31)39/h5-8,14,18,24,34-35,38,40H,3-4,9-13H2,1-2H3,(H2,31,39). The van der Waals surface area contributed by atoms with Gasteiger partial charge in [-0.25, -0.2) is 0 Å². The predicted octanol–water partition coefficient (Wildman–Crippen LogP) is 1.82. The fourth-order valence-electron chi connectivity index (χ4n) is 7.24. The molecule has 4 unspecified atom stereocenters. The number of carbonyl (C=O) groups excluding carboxylic acids is 3. The molecule has 2 fully saturated rings. The van der Waals surface area contributed by atoms with Gasteiger partial charge in [-0.15, -0.1) is 0 Å². The number of amides is 1. The molecule has 0 radical (unpaired) electrons. The lowest BCUT2D eigenvalue weighted by molar-refractivity contribution is -0.153. The molecule has 3 aliphatic carbocycles. The van der Waals surface area contributed by atoms with Crippen molar-refractivity contribution in [3.05, 3.63) is 58.1 Å². The number of rotatable bonds is 5. The largest absolute Gasteiger partial charge is 0.508 e. The van der Waals surface area contributed by atoms with E-state index in [0.717, 1.165) is 31.7 Å². The molecule has 4 aliphatic rings. The van der Waals surface area contributed by atoms with Crippen LogP contribution in [0.15, 0.2) is 45.6 Å². The van der Waals surface area contributed by atoms with E-state index in [1.807, 2.05) is 12.1 Å². The van der Waals surface area contributed by atoms with Crippen LogP contribution in [-0.2, 0) is 27.3 Å². The third-order valence-electron chi connectivity index (χ3n) is 9.11. The molecule has 2 aromatic rings. The molecule has 1 saturated heterocycles. The van der Waals surface area contributed by atoms with E-state index >= 15 is 0 Å². The fourth-order valence-corrected chi connectivity index (χ4v) is 7.24. The Morgan fingerprint density at radius 2 is 1.83 bits per heavy atom. The molecule has 1 aromatic carbocycles. The molecule has 41 heavy (non-hydrogen) atoms. The zero-order valence-electron chi connectivity index (χ0n) is 22.9. The first-order chi connectivity index (χ1) is 19.4. The van der Waals surface area contributed by atoms with E-state index in [0.29, 0.717) is 23.4 Å². The first-order valence-corrected chi connectivity index (χ1v) is 13.8. The summed E-state index contributed by atoms with van der Waals surface area (Å²) in [6.45, 7) is 2.70. The number of furan rings is 1. The summed E-state index contributed by atoms with van der Waals surface area (Å²) in [6, 6.07) is 5.72. The van der Waals surface area contributed by atoms with E-state index in [-0.39, 0.29) is 29.7 Å². The summed E-state index contributed by atoms with van der Waals surface area (Å²) < 4.78 is 6.18. The Morgan fingerprint density at radius 1 is 1.12 bits per heavy atom. The van der Waals surface area contributed by atoms with Gasteiger partial charge in [0.05, 0.1) is 18.2 Å². The Morgan fingerprint density at radius 3 is 2.49 bits per heavy atom. The smallest absolute Gasteiger partial charge is 0.255 e. The van der Waals surface area contributed by atoms with Gasteiger partial charge in [0.25, 0.3) is 5.91 Å². The highest BCUT2D eigenvalue weighted by molar-refractivity contribution is 6.24. The zero-order chi connectivity index (χ0) is 29.4. The number of ketones is 2. The van der Waals surface area contributed by atoms with Crippen molar-refractivity contribution in [1.29, 1.82) is 0 Å². The summed E-state index contributed by atoms with van der Waals surface area (Å²) in [4.78, 5) is 43.2. The summed E-state index contributed by atoms with van der Waals surface area (Å²) in [5, 5.41) is 45.0. The van der Waals surface area contributed by atoms with Crippen molar-refractivity contribution in [3.63, 3.8) is 0 Å². The summed E-state index contributed by atoms with van der Waals surface area (Å²) >= 11 is 0. The number of Topliss-reactive ketones (excluding diaryl/α,β-unsaturated/α-hetero) is 2. The SMILES string of the molecule is CN(C)C1C(=O)C(C(N)=O)=C(O)C2(O)C(=O)C3=C(O)c4c(O)ccc(-c5ccc(CN6CCCC6)o5)c4CC3CC12. The van der Waals surface area contributed by atoms with Crippen LogP contribution in [0.25, 0.3) is 17.1 Å². The van der Waals surface area contributed by atoms with Crippen LogP contribution in [-0.4, -0.2) is 86.5 Å². The van der Waals surface area contributed by atoms with Gasteiger partial charge in [-0.05, 0) is 88.6 Å². The molecule has 11 heteroatoms. The van der Waals surface area contributed by atoms with E-state index in [1.54, 1.807) is 20.2 Å². The van der Waals surface area contributed by atoms with Crippen molar-refractivity contribution >= 4 is 23.2 Å². The quantitative estimate of drug-likeness (QED) is 0.337. The second kappa shape index (κ2) is 9.57. The van der Waals surface area contributed by atoms with Gasteiger partial charge in [-0.3, -0.25) is 24.2 Å². The highest BCUT2D eigenvalue weighted by Gasteiger charge is 2.64. The maximum absolute atomic E-state index is 14.0. The van der Waals surface area contributed by atoms with Crippen molar-refractivity contribution in [1.82, 2.24) is 9.80 Å². The lowest BCUT2D eigenvalue weighted by Crippen LogP contribution is -2.65. The summed E-state index contributed by atoms with van der Waals surface area (Å²) in [5.74, 6) is -5.41. The molecule has 1 aliphatic heterocycles. The van der Waals surface area contributed by atoms with E-state index in [2.05, 4.69) is 4.90 Å². The number of aliphatic hydroxyl groups excluding tert-OH is 2. The monoisotopic (exact) mass is 563 g/mol. The molecule has 1 saturated carbocycles. The van der Waals surface area contributed by atoms with Gasteiger partial charge in [0.2, 0.25) is 5.78 Å². The molecule has 6 rings (SSSR count). The average molecular weight is 564 g/mol. The number of aliphatic hydroxyl groups is 3. The van der Waals surface area contributed by atoms with E-state index in [4.69, 9.17) is 10.2 Å². The number of hydrogen-bond acceptors (Lipinski definition) is 10. The number of hydrogen-bond donors (Lipinski definition) is 5. The zero-order valence-corrected chi connectivity index (χ0v) is 22.9. The Balaban J connectivity index is 1.46. The lowest BCUT2D eigenvalue weighted by Gasteiger charge is -2.50. The van der Waals surface area contributed by atoms with E-state index in [1.165, 1.54) is 11.0 Å². The molecule has 4 atom stereocenters.